The van der Waals surface area contributed by atoms with Crippen LogP contribution in [0.25, 0.3) is 0 Å². The maximum atomic E-state index is 12.5. The fraction of sp³-hybridized carbons (Fsp3) is 0.763. The number of allylic oxidation sites excluding steroid dienone is 6. The summed E-state index contributed by atoms with van der Waals surface area (Å²) in [6.07, 6.45) is 33.6. The normalized spacial score (nSPS) is 14.3. The smallest absolute Gasteiger partial charge is 0.472 e. The van der Waals surface area contributed by atoms with Crippen molar-refractivity contribution in [2.24, 2.45) is 5.73 Å². The maximum Gasteiger partial charge on any atom is 0.472 e. The molecule has 0 aliphatic carbocycles. The summed E-state index contributed by atoms with van der Waals surface area (Å²) in [6.45, 7) is 2.69. The standard InChI is InChI=1S/C38H68NO10P/c1-3-5-7-9-11-13-15-16-17-18-20-22-24-26-28-30-37(41)49-34(32-47-50(44,45)48-33-35(39)38(42)43)31-46-36(40)29-27-25-23-21-19-14-12-10-8-6-4-2/h10-13,16-17,34-35H,3-9,14-15,18-33,39H2,1-2H3,(H,42,43)(H,44,45)/t34-,35+/m1/s1. The molecular formula is C38H68NO10P. The zero-order valence-electron chi connectivity index (χ0n) is 31.0. The third-order valence-electron chi connectivity index (χ3n) is 7.86. The van der Waals surface area contributed by atoms with Gasteiger partial charge < -0.3 is 25.2 Å². The van der Waals surface area contributed by atoms with Crippen molar-refractivity contribution in [3.63, 3.8) is 0 Å². The summed E-state index contributed by atoms with van der Waals surface area (Å²) in [4.78, 5) is 45.7. The van der Waals surface area contributed by atoms with Crippen LogP contribution in [0.3, 0.4) is 0 Å². The predicted octanol–water partition coefficient (Wildman–Crippen LogP) is 9.28. The molecule has 0 aromatic heterocycles. The Morgan fingerprint density at radius 2 is 1.08 bits per heavy atom. The Hall–Kier alpha value is -2.30. The molecule has 0 spiro atoms. The third-order valence-corrected chi connectivity index (χ3v) is 8.81. The molecule has 0 aliphatic heterocycles. The highest BCUT2D eigenvalue weighted by Crippen LogP contribution is 2.43. The average molecular weight is 730 g/mol. The van der Waals surface area contributed by atoms with Crippen LogP contribution < -0.4 is 5.73 Å². The van der Waals surface area contributed by atoms with Crippen LogP contribution in [0.15, 0.2) is 36.5 Å². The minimum atomic E-state index is -4.71. The molecule has 0 saturated carbocycles. The number of unbranched alkanes of at least 4 members (excludes halogenated alkanes) is 15. The minimum Gasteiger partial charge on any atom is -0.480 e. The molecule has 1 unspecified atom stereocenters. The van der Waals surface area contributed by atoms with Crippen LogP contribution in [-0.2, 0) is 37.5 Å². The fourth-order valence-electron chi connectivity index (χ4n) is 4.78. The monoisotopic (exact) mass is 729 g/mol. The van der Waals surface area contributed by atoms with Crippen LogP contribution in [0.4, 0.5) is 0 Å². The van der Waals surface area contributed by atoms with Gasteiger partial charge in [-0.3, -0.25) is 23.4 Å². The van der Waals surface area contributed by atoms with Gasteiger partial charge in [0.05, 0.1) is 13.2 Å². The molecule has 0 saturated heterocycles. The number of hydrogen-bond acceptors (Lipinski definition) is 9. The van der Waals surface area contributed by atoms with Crippen molar-refractivity contribution in [3.05, 3.63) is 36.5 Å². The van der Waals surface area contributed by atoms with Crippen molar-refractivity contribution in [2.75, 3.05) is 19.8 Å². The lowest BCUT2D eigenvalue weighted by Gasteiger charge is -2.20. The van der Waals surface area contributed by atoms with Crippen molar-refractivity contribution in [2.45, 2.75) is 167 Å². The largest absolute Gasteiger partial charge is 0.480 e. The van der Waals surface area contributed by atoms with Crippen LogP contribution in [0.1, 0.15) is 155 Å². The van der Waals surface area contributed by atoms with Gasteiger partial charge in [0.25, 0.3) is 0 Å². The molecule has 11 nitrogen and oxygen atoms in total. The van der Waals surface area contributed by atoms with E-state index in [4.69, 9.17) is 24.8 Å². The number of nitrogens with two attached hydrogens (primary N) is 1. The van der Waals surface area contributed by atoms with Gasteiger partial charge in [-0.2, -0.15) is 0 Å². The second-order valence-corrected chi connectivity index (χ2v) is 14.2. The first-order valence-electron chi connectivity index (χ1n) is 19.0. The molecule has 0 bridgehead atoms. The van der Waals surface area contributed by atoms with Gasteiger partial charge in [0.15, 0.2) is 6.10 Å². The molecule has 3 atom stereocenters. The summed E-state index contributed by atoms with van der Waals surface area (Å²) in [5.74, 6) is -2.41. The quantitative estimate of drug-likeness (QED) is 0.0246. The number of aliphatic carboxylic acids is 1. The van der Waals surface area contributed by atoms with E-state index in [2.05, 4.69) is 54.8 Å². The van der Waals surface area contributed by atoms with E-state index >= 15 is 0 Å². The van der Waals surface area contributed by atoms with E-state index in [-0.39, 0.29) is 19.4 Å². The first kappa shape index (κ1) is 47.7. The number of phosphoric acid groups is 1. The summed E-state index contributed by atoms with van der Waals surface area (Å²) in [5, 5.41) is 8.85. The Bertz CT molecular complexity index is 1000. The molecule has 0 fully saturated rings. The lowest BCUT2D eigenvalue weighted by atomic mass is 10.1. The van der Waals surface area contributed by atoms with Gasteiger partial charge >= 0.3 is 25.7 Å². The predicted molar refractivity (Wildman–Crippen MR) is 199 cm³/mol. The summed E-state index contributed by atoms with van der Waals surface area (Å²) < 4.78 is 32.5. The Kier molecular flexibility index (Phi) is 32.3. The van der Waals surface area contributed by atoms with Crippen LogP contribution in [0.5, 0.6) is 0 Å². The van der Waals surface area contributed by atoms with Crippen LogP contribution in [0, 0.1) is 0 Å². The second-order valence-electron chi connectivity index (χ2n) is 12.7. The Morgan fingerprint density at radius 1 is 0.620 bits per heavy atom. The van der Waals surface area contributed by atoms with E-state index < -0.39 is 51.1 Å². The number of phosphoric ester groups is 1. The highest BCUT2D eigenvalue weighted by molar-refractivity contribution is 7.47. The molecule has 12 heteroatoms. The number of carbonyl (C=O) groups is 3. The Labute approximate surface area is 302 Å². The molecule has 0 amide bonds. The number of esters is 2. The molecular weight excluding hydrogens is 661 g/mol. The fourth-order valence-corrected chi connectivity index (χ4v) is 5.56. The lowest BCUT2D eigenvalue weighted by molar-refractivity contribution is -0.161. The van der Waals surface area contributed by atoms with Crippen molar-refractivity contribution in [1.82, 2.24) is 0 Å². The summed E-state index contributed by atoms with van der Waals surface area (Å²) in [6, 6.07) is -1.52. The number of carboxylic acid groups (broad SMARTS) is 1. The summed E-state index contributed by atoms with van der Waals surface area (Å²) in [7, 11) is -4.71. The minimum absolute atomic E-state index is 0.143. The maximum absolute atomic E-state index is 12.5. The topological polar surface area (TPSA) is 172 Å². The van der Waals surface area contributed by atoms with Gasteiger partial charge in [-0.15, -0.1) is 0 Å². The molecule has 4 N–H and O–H groups in total. The number of hydrogen-bond donors (Lipinski definition) is 3. The van der Waals surface area contributed by atoms with E-state index in [1.165, 1.54) is 32.1 Å². The third kappa shape index (κ3) is 32.9. The Morgan fingerprint density at radius 3 is 1.64 bits per heavy atom. The highest BCUT2D eigenvalue weighted by Gasteiger charge is 2.28. The van der Waals surface area contributed by atoms with Gasteiger partial charge in [0.2, 0.25) is 0 Å². The molecule has 0 aromatic rings. The second kappa shape index (κ2) is 33.8. The number of rotatable bonds is 35. The van der Waals surface area contributed by atoms with E-state index in [9.17, 15) is 23.8 Å². The molecule has 0 aliphatic rings. The molecule has 0 radical (unpaired) electrons. The van der Waals surface area contributed by atoms with Crippen LogP contribution >= 0.6 is 7.82 Å². The van der Waals surface area contributed by atoms with Gasteiger partial charge in [0, 0.05) is 12.8 Å². The van der Waals surface area contributed by atoms with E-state index in [1.54, 1.807) is 0 Å². The molecule has 0 aromatic carbocycles. The van der Waals surface area contributed by atoms with Gasteiger partial charge in [-0.25, -0.2) is 4.57 Å². The van der Waals surface area contributed by atoms with E-state index in [0.29, 0.717) is 12.8 Å². The molecule has 0 rings (SSSR count). The summed E-state index contributed by atoms with van der Waals surface area (Å²) >= 11 is 0. The zero-order valence-corrected chi connectivity index (χ0v) is 31.9. The van der Waals surface area contributed by atoms with Gasteiger partial charge in [-0.1, -0.05) is 115 Å². The van der Waals surface area contributed by atoms with Crippen molar-refractivity contribution in [3.8, 4) is 0 Å². The Balaban J connectivity index is 4.48. The molecule has 50 heavy (non-hydrogen) atoms. The van der Waals surface area contributed by atoms with Crippen molar-refractivity contribution in [1.29, 1.82) is 0 Å². The van der Waals surface area contributed by atoms with Crippen molar-refractivity contribution >= 4 is 25.7 Å². The average Bonchev–Trinajstić information content (AvgIpc) is 3.09. The first-order valence-corrected chi connectivity index (χ1v) is 20.5. The number of carboxylic acids is 1. The number of carbonyl (C=O) groups excluding carboxylic acids is 2. The zero-order chi connectivity index (χ0) is 37.1. The molecule has 0 heterocycles. The SMILES string of the molecule is CCCCC=CCCCCCCCC(=O)OC[C@H](COP(=O)(O)OC[C@H](N)C(=O)O)OC(=O)CCCCCCCC=CCC=CCCCCC. The van der Waals surface area contributed by atoms with Crippen LogP contribution in [-0.4, -0.2) is 59.9 Å². The summed E-state index contributed by atoms with van der Waals surface area (Å²) in [5.41, 5.74) is 5.31. The van der Waals surface area contributed by atoms with Gasteiger partial charge in [-0.05, 0) is 64.2 Å². The highest BCUT2D eigenvalue weighted by atomic mass is 31.2. The molecule has 290 valence electrons. The van der Waals surface area contributed by atoms with E-state index in [1.807, 2.05) is 0 Å². The van der Waals surface area contributed by atoms with Crippen molar-refractivity contribution < 1.29 is 47.5 Å². The first-order chi connectivity index (χ1) is 24.1. The van der Waals surface area contributed by atoms with Gasteiger partial charge in [0.1, 0.15) is 12.6 Å². The lowest BCUT2D eigenvalue weighted by Crippen LogP contribution is -2.34. The number of ether oxygens (including phenoxy) is 2. The van der Waals surface area contributed by atoms with Crippen LogP contribution in [0.2, 0.25) is 0 Å². The van der Waals surface area contributed by atoms with E-state index in [0.717, 1.165) is 83.5 Å².